The molecule has 0 radical (unpaired) electrons. The number of rotatable bonds is 4. The summed E-state index contributed by atoms with van der Waals surface area (Å²) in [5, 5.41) is 0.462. The van der Waals surface area contributed by atoms with Gasteiger partial charge >= 0.3 is 0 Å². The topological polar surface area (TPSA) is 47.0 Å². The first-order valence-electron chi connectivity index (χ1n) is 7.47. The Balaban J connectivity index is 1.82. The molecule has 3 aromatic rings. The van der Waals surface area contributed by atoms with Crippen LogP contribution in [0.2, 0.25) is 0 Å². The molecule has 0 aliphatic rings. The van der Waals surface area contributed by atoms with Crippen LogP contribution >= 0.6 is 0 Å². The maximum Gasteiger partial charge on any atom is 0.132 e. The molecule has 2 aromatic carbocycles. The second-order valence-corrected chi connectivity index (χ2v) is 8.40. The van der Waals surface area contributed by atoms with E-state index in [0.717, 1.165) is 16.0 Å². The van der Waals surface area contributed by atoms with Crippen LogP contribution in [0.3, 0.4) is 0 Å². The highest BCUT2D eigenvalue weighted by Gasteiger charge is 2.11. The van der Waals surface area contributed by atoms with Crippen LogP contribution < -0.4 is 0 Å². The van der Waals surface area contributed by atoms with Crippen molar-refractivity contribution in [2.45, 2.75) is 33.6 Å². The van der Waals surface area contributed by atoms with Gasteiger partial charge in [0.25, 0.3) is 0 Å². The van der Waals surface area contributed by atoms with Crippen molar-refractivity contribution in [3.63, 3.8) is 0 Å². The molecule has 0 aliphatic carbocycles. The van der Waals surface area contributed by atoms with Crippen molar-refractivity contribution in [1.82, 2.24) is 4.98 Å². The molecule has 3 nitrogen and oxygen atoms in total. The van der Waals surface area contributed by atoms with E-state index in [1.165, 1.54) is 6.20 Å². The summed E-state index contributed by atoms with van der Waals surface area (Å²) in [4.78, 5) is 6.29. The number of benzene rings is 2. The minimum Gasteiger partial charge on any atom is -0.249 e. The van der Waals surface area contributed by atoms with Gasteiger partial charge in [0.15, 0.2) is 0 Å². The standard InChI is InChI=1S/C19H17NO2S2/c1-14-3-7-16(8-4-14)23(21)18-11-12-19(20-13-18)24(22)17-9-5-15(2)6-10-17/h3-13H,1-2H3. The molecule has 0 N–H and O–H groups in total. The minimum atomic E-state index is -1.33. The van der Waals surface area contributed by atoms with Crippen LogP contribution in [0.5, 0.6) is 0 Å². The lowest BCUT2D eigenvalue weighted by Crippen LogP contribution is -1.99. The summed E-state index contributed by atoms with van der Waals surface area (Å²) in [6, 6.07) is 18.5. The first-order valence-corrected chi connectivity index (χ1v) is 9.77. The molecule has 5 heteroatoms. The average Bonchev–Trinajstić information content (AvgIpc) is 2.62. The van der Waals surface area contributed by atoms with Crippen molar-refractivity contribution in [3.05, 3.63) is 78.0 Å². The zero-order valence-corrected chi connectivity index (χ0v) is 15.1. The van der Waals surface area contributed by atoms with E-state index in [2.05, 4.69) is 4.98 Å². The number of hydrogen-bond acceptors (Lipinski definition) is 3. The Morgan fingerprint density at radius 1 is 0.625 bits per heavy atom. The predicted octanol–water partition coefficient (Wildman–Crippen LogP) is 4.03. The van der Waals surface area contributed by atoms with Crippen molar-refractivity contribution in [1.29, 1.82) is 0 Å². The maximum absolute atomic E-state index is 12.5. The molecule has 2 atom stereocenters. The van der Waals surface area contributed by atoms with Crippen molar-refractivity contribution in [2.24, 2.45) is 0 Å². The highest BCUT2D eigenvalue weighted by molar-refractivity contribution is 7.85. The highest BCUT2D eigenvalue weighted by Crippen LogP contribution is 2.19. The molecule has 0 saturated heterocycles. The molecule has 122 valence electrons. The first-order chi connectivity index (χ1) is 11.5. The van der Waals surface area contributed by atoms with Gasteiger partial charge in [-0.05, 0) is 50.2 Å². The fraction of sp³-hybridized carbons (Fsp3) is 0.105. The lowest BCUT2D eigenvalue weighted by atomic mass is 10.2. The molecule has 2 unspecified atom stereocenters. The van der Waals surface area contributed by atoms with Gasteiger partial charge in [0.05, 0.1) is 15.7 Å². The molecule has 0 aliphatic heterocycles. The number of aryl methyl sites for hydroxylation is 2. The van der Waals surface area contributed by atoms with Crippen molar-refractivity contribution >= 4 is 21.6 Å². The number of hydrogen-bond donors (Lipinski definition) is 0. The third kappa shape index (κ3) is 3.68. The Labute approximate surface area is 146 Å². The van der Waals surface area contributed by atoms with E-state index in [1.807, 2.05) is 62.4 Å². The molecule has 0 amide bonds. The van der Waals surface area contributed by atoms with Gasteiger partial charge in [-0.3, -0.25) is 0 Å². The zero-order valence-electron chi connectivity index (χ0n) is 13.4. The van der Waals surface area contributed by atoms with Gasteiger partial charge in [0.1, 0.15) is 15.8 Å². The molecule has 0 bridgehead atoms. The first kappa shape index (κ1) is 16.7. The summed E-state index contributed by atoms with van der Waals surface area (Å²) in [7, 11) is -2.62. The second-order valence-electron chi connectivity index (χ2n) is 5.50. The quantitative estimate of drug-likeness (QED) is 0.710. The average molecular weight is 355 g/mol. The summed E-state index contributed by atoms with van der Waals surface area (Å²) in [5.41, 5.74) is 2.24. The lowest BCUT2D eigenvalue weighted by Gasteiger charge is -2.05. The van der Waals surface area contributed by atoms with Gasteiger partial charge in [0.2, 0.25) is 0 Å². The van der Waals surface area contributed by atoms with E-state index in [0.29, 0.717) is 14.8 Å². The smallest absolute Gasteiger partial charge is 0.132 e. The lowest BCUT2D eigenvalue weighted by molar-refractivity contribution is 0.677. The van der Waals surface area contributed by atoms with Gasteiger partial charge in [-0.1, -0.05) is 35.4 Å². The number of nitrogens with zero attached hydrogens (tertiary/aromatic N) is 1. The highest BCUT2D eigenvalue weighted by atomic mass is 32.2. The van der Waals surface area contributed by atoms with Gasteiger partial charge in [-0.2, -0.15) is 0 Å². The number of pyridine rings is 1. The largest absolute Gasteiger partial charge is 0.249 e. The van der Waals surface area contributed by atoms with Crippen LogP contribution in [-0.4, -0.2) is 13.4 Å². The Morgan fingerprint density at radius 2 is 1.08 bits per heavy atom. The fourth-order valence-electron chi connectivity index (χ4n) is 2.17. The van der Waals surface area contributed by atoms with Gasteiger partial charge in [0, 0.05) is 16.0 Å². The molecule has 1 aromatic heterocycles. The zero-order chi connectivity index (χ0) is 17.1. The van der Waals surface area contributed by atoms with E-state index in [9.17, 15) is 8.42 Å². The van der Waals surface area contributed by atoms with Crippen LogP contribution in [0.4, 0.5) is 0 Å². The molecule has 0 fully saturated rings. The monoisotopic (exact) mass is 355 g/mol. The summed E-state index contributed by atoms with van der Waals surface area (Å²) in [6.07, 6.45) is 1.54. The van der Waals surface area contributed by atoms with Gasteiger partial charge in [-0.15, -0.1) is 0 Å². The van der Waals surface area contributed by atoms with E-state index >= 15 is 0 Å². The molecule has 24 heavy (non-hydrogen) atoms. The Hall–Kier alpha value is -2.11. The van der Waals surface area contributed by atoms with E-state index in [-0.39, 0.29) is 0 Å². The molecule has 0 spiro atoms. The van der Waals surface area contributed by atoms with Crippen molar-refractivity contribution < 1.29 is 8.42 Å². The van der Waals surface area contributed by atoms with Crippen LogP contribution in [0, 0.1) is 13.8 Å². The van der Waals surface area contributed by atoms with E-state index < -0.39 is 21.6 Å². The summed E-state index contributed by atoms with van der Waals surface area (Å²) in [6.45, 7) is 3.98. The van der Waals surface area contributed by atoms with Crippen molar-refractivity contribution in [2.75, 3.05) is 0 Å². The van der Waals surface area contributed by atoms with Crippen LogP contribution in [0.25, 0.3) is 0 Å². The third-order valence-electron chi connectivity index (χ3n) is 3.58. The summed E-state index contributed by atoms with van der Waals surface area (Å²) >= 11 is 0. The van der Waals surface area contributed by atoms with E-state index in [4.69, 9.17) is 0 Å². The molecule has 3 rings (SSSR count). The fourth-order valence-corrected chi connectivity index (χ4v) is 4.13. The van der Waals surface area contributed by atoms with Crippen LogP contribution in [0.15, 0.2) is 86.6 Å². The summed E-state index contributed by atoms with van der Waals surface area (Å²) in [5.74, 6) is 0. The van der Waals surface area contributed by atoms with Gasteiger partial charge < -0.3 is 0 Å². The van der Waals surface area contributed by atoms with E-state index in [1.54, 1.807) is 12.1 Å². The molecular formula is C19H17NO2S2. The van der Waals surface area contributed by atoms with Crippen LogP contribution in [-0.2, 0) is 21.6 Å². The second kappa shape index (κ2) is 7.20. The SMILES string of the molecule is Cc1ccc(S(=O)c2ccc(S(=O)c3ccc(C)cc3)nc2)cc1. The normalized spacial score (nSPS) is 13.4. The molecular weight excluding hydrogens is 338 g/mol. The predicted molar refractivity (Wildman–Crippen MR) is 95.9 cm³/mol. The Kier molecular flexibility index (Phi) is 5.02. The Bertz CT molecular complexity index is 810. The van der Waals surface area contributed by atoms with Gasteiger partial charge in [-0.25, -0.2) is 13.4 Å². The van der Waals surface area contributed by atoms with Crippen LogP contribution in [0.1, 0.15) is 11.1 Å². The summed E-state index contributed by atoms with van der Waals surface area (Å²) < 4.78 is 25.1. The Morgan fingerprint density at radius 3 is 1.54 bits per heavy atom. The molecule has 1 heterocycles. The number of aromatic nitrogens is 1. The minimum absolute atomic E-state index is 0.462. The molecule has 0 saturated carbocycles. The maximum atomic E-state index is 12.5. The van der Waals surface area contributed by atoms with Crippen molar-refractivity contribution in [3.8, 4) is 0 Å². The third-order valence-corrected chi connectivity index (χ3v) is 6.28.